The smallest absolute Gasteiger partial charge is 0.0997 e. The summed E-state index contributed by atoms with van der Waals surface area (Å²) in [5.41, 5.74) is 2.37. The van der Waals surface area contributed by atoms with Crippen molar-refractivity contribution in [2.75, 3.05) is 0 Å². The Balaban J connectivity index is 2.55. The molecule has 0 amide bonds. The molecular weight excluding hydrogens is 184 g/mol. The second kappa shape index (κ2) is 6.49. The van der Waals surface area contributed by atoms with Gasteiger partial charge in [-0.15, -0.1) is 0 Å². The van der Waals surface area contributed by atoms with Crippen molar-refractivity contribution in [3.63, 3.8) is 0 Å². The lowest BCUT2D eigenvalue weighted by atomic mass is 10.0. The quantitative estimate of drug-likeness (QED) is 0.494. The largest absolute Gasteiger partial charge is 0.512 e. The Kier molecular flexibility index (Phi) is 5.23. The molecule has 1 aliphatic carbocycles. The van der Waals surface area contributed by atoms with E-state index in [0.717, 1.165) is 31.3 Å². The van der Waals surface area contributed by atoms with E-state index >= 15 is 0 Å². The minimum Gasteiger partial charge on any atom is -0.512 e. The number of rotatable bonds is 6. The second-order valence-electron chi connectivity index (χ2n) is 4.12. The Bertz CT molecular complexity index is 282. The summed E-state index contributed by atoms with van der Waals surface area (Å²) in [6, 6.07) is 0. The Morgan fingerprint density at radius 3 is 2.67 bits per heavy atom. The first-order valence-electron chi connectivity index (χ1n) is 6.09. The Morgan fingerprint density at radius 1 is 1.20 bits per heavy atom. The molecule has 0 spiro atoms. The van der Waals surface area contributed by atoms with E-state index in [1.165, 1.54) is 18.4 Å². The van der Waals surface area contributed by atoms with Crippen molar-refractivity contribution in [2.24, 2.45) is 0 Å². The van der Waals surface area contributed by atoms with Crippen LogP contribution in [0.1, 0.15) is 52.4 Å². The van der Waals surface area contributed by atoms with Crippen molar-refractivity contribution >= 4 is 0 Å². The van der Waals surface area contributed by atoms with Crippen molar-refractivity contribution in [3.05, 3.63) is 35.1 Å². The maximum absolute atomic E-state index is 9.96. The van der Waals surface area contributed by atoms with Gasteiger partial charge in [0.05, 0.1) is 5.76 Å². The standard InChI is InChI=1S/C14H22O/c1-3-5-6-11-14(15)13-10-7-9-12(13)8-4-2/h7,9-10,15H,3-6,8,11H2,1-2H3. The molecular formula is C14H22O. The molecule has 0 radical (unpaired) electrons. The third kappa shape index (κ3) is 3.58. The summed E-state index contributed by atoms with van der Waals surface area (Å²) in [5.74, 6) is 0.580. The molecule has 1 nitrogen and oxygen atoms in total. The zero-order chi connectivity index (χ0) is 11.1. The average molecular weight is 206 g/mol. The fourth-order valence-electron chi connectivity index (χ4n) is 1.90. The van der Waals surface area contributed by atoms with Gasteiger partial charge >= 0.3 is 0 Å². The molecule has 0 unspecified atom stereocenters. The third-order valence-electron chi connectivity index (χ3n) is 2.75. The summed E-state index contributed by atoms with van der Waals surface area (Å²) in [7, 11) is 0. The number of unbranched alkanes of at least 4 members (excludes halogenated alkanes) is 2. The van der Waals surface area contributed by atoms with Gasteiger partial charge in [-0.05, 0) is 18.4 Å². The topological polar surface area (TPSA) is 20.2 Å². The van der Waals surface area contributed by atoms with Crippen LogP contribution in [0.3, 0.4) is 0 Å². The third-order valence-corrected chi connectivity index (χ3v) is 2.75. The first-order valence-corrected chi connectivity index (χ1v) is 6.09. The first-order chi connectivity index (χ1) is 7.29. The number of aliphatic hydroxyl groups is 1. The average Bonchev–Trinajstić information content (AvgIpc) is 2.67. The predicted molar refractivity (Wildman–Crippen MR) is 65.9 cm³/mol. The van der Waals surface area contributed by atoms with Gasteiger partial charge in [0.15, 0.2) is 0 Å². The van der Waals surface area contributed by atoms with Crippen molar-refractivity contribution < 1.29 is 5.11 Å². The number of hydrogen-bond acceptors (Lipinski definition) is 1. The van der Waals surface area contributed by atoms with Gasteiger partial charge in [-0.1, -0.05) is 51.3 Å². The predicted octanol–water partition coefficient (Wildman–Crippen LogP) is 4.68. The van der Waals surface area contributed by atoms with E-state index in [1.807, 2.05) is 12.2 Å². The summed E-state index contributed by atoms with van der Waals surface area (Å²) in [6.45, 7) is 4.35. The van der Waals surface area contributed by atoms with Crippen LogP contribution in [0.4, 0.5) is 0 Å². The molecule has 84 valence electrons. The van der Waals surface area contributed by atoms with Gasteiger partial charge in [0.1, 0.15) is 0 Å². The molecule has 0 atom stereocenters. The van der Waals surface area contributed by atoms with Crippen molar-refractivity contribution in [1.29, 1.82) is 0 Å². The Morgan fingerprint density at radius 2 is 2.00 bits per heavy atom. The molecule has 0 heterocycles. The van der Waals surface area contributed by atoms with E-state index < -0.39 is 0 Å². The van der Waals surface area contributed by atoms with Gasteiger partial charge in [-0.25, -0.2) is 0 Å². The summed E-state index contributed by atoms with van der Waals surface area (Å²) in [5, 5.41) is 9.96. The highest BCUT2D eigenvalue weighted by atomic mass is 16.3. The highest BCUT2D eigenvalue weighted by Gasteiger charge is 2.10. The normalized spacial score (nSPS) is 18.1. The van der Waals surface area contributed by atoms with Crippen LogP contribution in [0, 0.1) is 0 Å². The van der Waals surface area contributed by atoms with E-state index in [0.29, 0.717) is 5.76 Å². The molecule has 15 heavy (non-hydrogen) atoms. The maximum atomic E-state index is 9.96. The van der Waals surface area contributed by atoms with E-state index in [-0.39, 0.29) is 0 Å². The molecule has 0 aliphatic heterocycles. The Labute approximate surface area is 93.2 Å². The molecule has 0 saturated heterocycles. The van der Waals surface area contributed by atoms with Crippen LogP contribution in [0.5, 0.6) is 0 Å². The summed E-state index contributed by atoms with van der Waals surface area (Å²) < 4.78 is 0. The zero-order valence-corrected chi connectivity index (χ0v) is 9.92. The number of allylic oxidation sites excluding steroid dienone is 6. The molecule has 1 rings (SSSR count). The van der Waals surface area contributed by atoms with Gasteiger partial charge in [0, 0.05) is 12.0 Å². The van der Waals surface area contributed by atoms with Gasteiger partial charge < -0.3 is 5.11 Å². The van der Waals surface area contributed by atoms with Crippen LogP contribution in [-0.4, -0.2) is 5.11 Å². The van der Waals surface area contributed by atoms with Crippen LogP contribution in [0.2, 0.25) is 0 Å². The van der Waals surface area contributed by atoms with Gasteiger partial charge in [0.25, 0.3) is 0 Å². The molecule has 1 aliphatic rings. The highest BCUT2D eigenvalue weighted by molar-refractivity contribution is 5.49. The minimum absolute atomic E-state index is 0.580. The fraction of sp³-hybridized carbons (Fsp3) is 0.571. The summed E-state index contributed by atoms with van der Waals surface area (Å²) >= 11 is 0. The van der Waals surface area contributed by atoms with E-state index in [1.54, 1.807) is 0 Å². The monoisotopic (exact) mass is 206 g/mol. The Hall–Kier alpha value is -0.980. The lowest BCUT2D eigenvalue weighted by Gasteiger charge is -2.07. The summed E-state index contributed by atoms with van der Waals surface area (Å²) in [6.07, 6.45) is 12.7. The van der Waals surface area contributed by atoms with Crippen LogP contribution >= 0.6 is 0 Å². The van der Waals surface area contributed by atoms with Crippen LogP contribution < -0.4 is 0 Å². The fourth-order valence-corrected chi connectivity index (χ4v) is 1.90. The van der Waals surface area contributed by atoms with Crippen molar-refractivity contribution in [1.82, 2.24) is 0 Å². The molecule has 0 bridgehead atoms. The molecule has 0 aromatic heterocycles. The number of hydrogen-bond donors (Lipinski definition) is 1. The lowest BCUT2D eigenvalue weighted by molar-refractivity contribution is 0.377. The first kappa shape index (κ1) is 12.1. The molecule has 1 N–H and O–H groups in total. The number of aliphatic hydroxyl groups excluding tert-OH is 1. The molecule has 0 fully saturated rings. The molecule has 0 aromatic carbocycles. The van der Waals surface area contributed by atoms with Crippen molar-refractivity contribution in [2.45, 2.75) is 52.4 Å². The van der Waals surface area contributed by atoms with E-state index in [9.17, 15) is 5.11 Å². The van der Waals surface area contributed by atoms with Crippen molar-refractivity contribution in [3.8, 4) is 0 Å². The second-order valence-corrected chi connectivity index (χ2v) is 4.12. The van der Waals surface area contributed by atoms with E-state index in [2.05, 4.69) is 19.9 Å². The van der Waals surface area contributed by atoms with Crippen LogP contribution in [-0.2, 0) is 0 Å². The highest BCUT2D eigenvalue weighted by Crippen LogP contribution is 2.26. The van der Waals surface area contributed by atoms with E-state index in [4.69, 9.17) is 0 Å². The van der Waals surface area contributed by atoms with Gasteiger partial charge in [0.2, 0.25) is 0 Å². The maximum Gasteiger partial charge on any atom is 0.0997 e. The zero-order valence-electron chi connectivity index (χ0n) is 9.92. The molecule has 1 heteroatoms. The lowest BCUT2D eigenvalue weighted by Crippen LogP contribution is -1.92. The van der Waals surface area contributed by atoms with Crippen LogP contribution in [0.15, 0.2) is 35.1 Å². The van der Waals surface area contributed by atoms with Crippen LogP contribution in [0.25, 0.3) is 0 Å². The van der Waals surface area contributed by atoms with Gasteiger partial charge in [-0.3, -0.25) is 0 Å². The van der Waals surface area contributed by atoms with Gasteiger partial charge in [-0.2, -0.15) is 0 Å². The SMILES string of the molecule is CCCCCC(O)=C1C=CC=C1CCC. The minimum atomic E-state index is 0.580. The molecule has 0 aromatic rings. The summed E-state index contributed by atoms with van der Waals surface area (Å²) in [4.78, 5) is 0. The molecule has 0 saturated carbocycles.